The summed E-state index contributed by atoms with van der Waals surface area (Å²) in [5.74, 6) is 1.16. The zero-order valence-electron chi connectivity index (χ0n) is 8.96. The van der Waals surface area contributed by atoms with Crippen LogP contribution in [0.25, 0.3) is 0 Å². The minimum absolute atomic E-state index is 0.303. The van der Waals surface area contributed by atoms with Gasteiger partial charge >= 0.3 is 0 Å². The lowest BCUT2D eigenvalue weighted by Crippen LogP contribution is -2.26. The Bertz CT molecular complexity index is 243. The molecule has 3 nitrogen and oxygen atoms in total. The number of nitrogens with one attached hydrogen (secondary N) is 1. The van der Waals surface area contributed by atoms with Crippen LogP contribution in [-0.4, -0.2) is 33.0 Å². The van der Waals surface area contributed by atoms with Gasteiger partial charge in [0.25, 0.3) is 0 Å². The van der Waals surface area contributed by atoms with Gasteiger partial charge in [-0.2, -0.15) is 0 Å². The van der Waals surface area contributed by atoms with Gasteiger partial charge in [0.2, 0.25) is 0 Å². The van der Waals surface area contributed by atoms with E-state index >= 15 is 0 Å². The average molecular weight is 219 g/mol. The van der Waals surface area contributed by atoms with E-state index in [-0.39, 0.29) is 0 Å². The minimum Gasteiger partial charge on any atom is -0.316 e. The van der Waals surface area contributed by atoms with E-state index in [1.165, 1.54) is 12.8 Å². The normalized spacial score (nSPS) is 18.9. The van der Waals surface area contributed by atoms with Crippen LogP contribution >= 0.6 is 0 Å². The van der Waals surface area contributed by atoms with Crippen molar-refractivity contribution in [2.45, 2.75) is 32.6 Å². The summed E-state index contributed by atoms with van der Waals surface area (Å²) in [5, 5.41) is 3.05. The average Bonchev–Trinajstić information content (AvgIpc) is 2.56. The summed E-state index contributed by atoms with van der Waals surface area (Å²) in [7, 11) is -2.80. The SMILES string of the molecule is CCNCCS(=O)(=O)CC1CCCC1. The third-order valence-electron chi connectivity index (χ3n) is 2.80. The molecule has 0 saturated heterocycles. The Balaban J connectivity index is 2.26. The predicted molar refractivity (Wildman–Crippen MR) is 59.2 cm³/mol. The third-order valence-corrected chi connectivity index (χ3v) is 4.61. The van der Waals surface area contributed by atoms with E-state index in [2.05, 4.69) is 5.32 Å². The first-order valence-corrected chi connectivity index (χ1v) is 7.37. The van der Waals surface area contributed by atoms with Crippen LogP contribution in [0.4, 0.5) is 0 Å². The first kappa shape index (κ1) is 12.0. The van der Waals surface area contributed by atoms with Gasteiger partial charge in [0.15, 0.2) is 9.84 Å². The first-order chi connectivity index (χ1) is 6.64. The van der Waals surface area contributed by atoms with E-state index in [9.17, 15) is 8.42 Å². The molecule has 1 saturated carbocycles. The highest BCUT2D eigenvalue weighted by Gasteiger charge is 2.21. The Kier molecular flexibility index (Phi) is 4.89. The van der Waals surface area contributed by atoms with Crippen LogP contribution in [0, 0.1) is 5.92 Å². The number of rotatable bonds is 6. The standard InChI is InChI=1S/C10H21NO2S/c1-2-11-7-8-14(12,13)9-10-5-3-4-6-10/h10-11H,2-9H2,1H3. The van der Waals surface area contributed by atoms with Crippen molar-refractivity contribution >= 4 is 9.84 Å². The van der Waals surface area contributed by atoms with E-state index in [1.807, 2.05) is 6.92 Å². The van der Waals surface area contributed by atoms with Crippen molar-refractivity contribution in [3.05, 3.63) is 0 Å². The van der Waals surface area contributed by atoms with Crippen molar-refractivity contribution in [1.29, 1.82) is 0 Å². The highest BCUT2D eigenvalue weighted by atomic mass is 32.2. The minimum atomic E-state index is -2.80. The van der Waals surface area contributed by atoms with Gasteiger partial charge in [-0.25, -0.2) is 8.42 Å². The third kappa shape index (κ3) is 4.42. The topological polar surface area (TPSA) is 46.2 Å². The molecule has 1 rings (SSSR count). The maximum atomic E-state index is 11.6. The second-order valence-corrected chi connectivity index (χ2v) is 6.35. The summed E-state index contributed by atoms with van der Waals surface area (Å²) in [6.07, 6.45) is 4.65. The Morgan fingerprint density at radius 1 is 1.29 bits per heavy atom. The first-order valence-electron chi connectivity index (χ1n) is 5.55. The number of hydrogen-bond acceptors (Lipinski definition) is 3. The zero-order valence-corrected chi connectivity index (χ0v) is 9.78. The van der Waals surface area contributed by atoms with Crippen LogP contribution in [0.2, 0.25) is 0 Å². The molecule has 0 aromatic carbocycles. The van der Waals surface area contributed by atoms with Gasteiger partial charge in [0.1, 0.15) is 0 Å². The van der Waals surface area contributed by atoms with Crippen LogP contribution in [0.5, 0.6) is 0 Å². The van der Waals surface area contributed by atoms with Crippen LogP contribution < -0.4 is 5.32 Å². The van der Waals surface area contributed by atoms with Gasteiger partial charge in [-0.15, -0.1) is 0 Å². The molecule has 1 aliphatic carbocycles. The largest absolute Gasteiger partial charge is 0.316 e. The lowest BCUT2D eigenvalue weighted by molar-refractivity contribution is 0.556. The monoisotopic (exact) mass is 219 g/mol. The van der Waals surface area contributed by atoms with Crippen LogP contribution in [0.15, 0.2) is 0 Å². The molecular formula is C10H21NO2S. The van der Waals surface area contributed by atoms with Crippen molar-refractivity contribution in [3.8, 4) is 0 Å². The highest BCUT2D eigenvalue weighted by Crippen LogP contribution is 2.25. The van der Waals surface area contributed by atoms with E-state index in [4.69, 9.17) is 0 Å². The van der Waals surface area contributed by atoms with Crippen LogP contribution in [-0.2, 0) is 9.84 Å². The maximum absolute atomic E-state index is 11.6. The van der Waals surface area contributed by atoms with E-state index in [0.717, 1.165) is 19.4 Å². The fourth-order valence-electron chi connectivity index (χ4n) is 2.02. The molecule has 0 aromatic heterocycles. The Hall–Kier alpha value is -0.0900. The zero-order chi connectivity index (χ0) is 10.4. The fourth-order valence-corrected chi connectivity index (χ4v) is 3.70. The molecule has 4 heteroatoms. The predicted octanol–water partition coefficient (Wildman–Crippen LogP) is 1.20. The molecule has 84 valence electrons. The second kappa shape index (κ2) is 5.71. The molecular weight excluding hydrogens is 198 g/mol. The van der Waals surface area contributed by atoms with Crippen LogP contribution in [0.3, 0.4) is 0 Å². The van der Waals surface area contributed by atoms with E-state index < -0.39 is 9.84 Å². The summed E-state index contributed by atoms with van der Waals surface area (Å²) in [6.45, 7) is 3.44. The lowest BCUT2D eigenvalue weighted by atomic mass is 10.1. The van der Waals surface area contributed by atoms with Crippen molar-refractivity contribution in [3.63, 3.8) is 0 Å². The Labute approximate surface area is 87.2 Å². The van der Waals surface area contributed by atoms with E-state index in [1.54, 1.807) is 0 Å². The van der Waals surface area contributed by atoms with Gasteiger partial charge < -0.3 is 5.32 Å². The summed E-state index contributed by atoms with van der Waals surface area (Å²) >= 11 is 0. The maximum Gasteiger partial charge on any atom is 0.151 e. The van der Waals surface area contributed by atoms with Gasteiger partial charge in [-0.3, -0.25) is 0 Å². The van der Waals surface area contributed by atoms with E-state index in [0.29, 0.717) is 24.0 Å². The summed E-state index contributed by atoms with van der Waals surface area (Å²) in [5.41, 5.74) is 0. The highest BCUT2D eigenvalue weighted by molar-refractivity contribution is 7.91. The summed E-state index contributed by atoms with van der Waals surface area (Å²) < 4.78 is 23.2. The Morgan fingerprint density at radius 2 is 1.93 bits per heavy atom. The quantitative estimate of drug-likeness (QED) is 0.683. The van der Waals surface area contributed by atoms with Gasteiger partial charge in [-0.1, -0.05) is 19.8 Å². The van der Waals surface area contributed by atoms with Gasteiger partial charge in [0.05, 0.1) is 11.5 Å². The molecule has 1 N–H and O–H groups in total. The smallest absolute Gasteiger partial charge is 0.151 e. The molecule has 14 heavy (non-hydrogen) atoms. The molecule has 0 bridgehead atoms. The van der Waals surface area contributed by atoms with Crippen molar-refractivity contribution in [1.82, 2.24) is 5.32 Å². The summed E-state index contributed by atoms with van der Waals surface area (Å²) in [6, 6.07) is 0. The van der Waals surface area contributed by atoms with Crippen LogP contribution in [0.1, 0.15) is 32.6 Å². The van der Waals surface area contributed by atoms with Gasteiger partial charge in [-0.05, 0) is 25.3 Å². The molecule has 0 heterocycles. The molecule has 0 radical (unpaired) electrons. The summed E-state index contributed by atoms with van der Waals surface area (Å²) in [4.78, 5) is 0. The molecule has 0 aliphatic heterocycles. The van der Waals surface area contributed by atoms with Crippen molar-refractivity contribution in [2.75, 3.05) is 24.6 Å². The molecule has 0 spiro atoms. The van der Waals surface area contributed by atoms with Crippen molar-refractivity contribution < 1.29 is 8.42 Å². The van der Waals surface area contributed by atoms with Crippen molar-refractivity contribution in [2.24, 2.45) is 5.92 Å². The fraction of sp³-hybridized carbons (Fsp3) is 1.00. The Morgan fingerprint density at radius 3 is 2.50 bits per heavy atom. The molecule has 1 aliphatic rings. The molecule has 0 unspecified atom stereocenters. The molecule has 1 fully saturated rings. The molecule has 0 atom stereocenters. The number of hydrogen-bond donors (Lipinski definition) is 1. The number of sulfone groups is 1. The van der Waals surface area contributed by atoms with Gasteiger partial charge in [0, 0.05) is 6.54 Å². The lowest BCUT2D eigenvalue weighted by Gasteiger charge is -2.09. The molecule has 0 amide bonds. The second-order valence-electron chi connectivity index (χ2n) is 4.12. The molecule has 0 aromatic rings.